The molecule has 1 amide bonds. The molecule has 0 aliphatic carbocycles. The van der Waals surface area contributed by atoms with E-state index in [1.54, 1.807) is 18.5 Å². The SMILES string of the molecule is Nc1ncc(-c2cc3[nH]nc(NC(=O)c4ccc(N5CCNCC5)cc4)c3cc2Cc2cccc(F)c2)cn1. The number of nitrogen functional groups attached to an aromatic ring is 1. The second-order valence-corrected chi connectivity index (χ2v) is 9.50. The van der Waals surface area contributed by atoms with Gasteiger partial charge in [0.1, 0.15) is 5.82 Å². The van der Waals surface area contributed by atoms with Crippen LogP contribution in [0.5, 0.6) is 0 Å². The number of halogens is 1. The maximum absolute atomic E-state index is 13.9. The number of nitrogens with two attached hydrogens (primary N) is 1. The van der Waals surface area contributed by atoms with Crippen LogP contribution in [0, 0.1) is 5.82 Å². The molecule has 3 heterocycles. The first kappa shape index (κ1) is 24.5. The fraction of sp³-hybridized carbons (Fsp3) is 0.172. The van der Waals surface area contributed by atoms with Crippen LogP contribution < -0.4 is 21.3 Å². The first-order chi connectivity index (χ1) is 19.0. The molecule has 0 radical (unpaired) electrons. The maximum atomic E-state index is 13.9. The zero-order valence-electron chi connectivity index (χ0n) is 21.1. The Morgan fingerprint density at radius 2 is 1.79 bits per heavy atom. The number of aromatic nitrogens is 4. The summed E-state index contributed by atoms with van der Waals surface area (Å²) in [6.45, 7) is 3.77. The fourth-order valence-corrected chi connectivity index (χ4v) is 4.89. The van der Waals surface area contributed by atoms with Crippen LogP contribution >= 0.6 is 0 Å². The zero-order chi connectivity index (χ0) is 26.8. The van der Waals surface area contributed by atoms with E-state index in [9.17, 15) is 9.18 Å². The van der Waals surface area contributed by atoms with Crippen molar-refractivity contribution < 1.29 is 9.18 Å². The quantitative estimate of drug-likeness (QED) is 0.266. The minimum absolute atomic E-state index is 0.180. The van der Waals surface area contributed by atoms with Crippen molar-refractivity contribution in [2.24, 2.45) is 0 Å². The molecule has 0 bridgehead atoms. The highest BCUT2D eigenvalue weighted by Gasteiger charge is 2.17. The Hall–Kier alpha value is -4.83. The first-order valence-electron chi connectivity index (χ1n) is 12.7. The van der Waals surface area contributed by atoms with Gasteiger partial charge in [0.15, 0.2) is 5.82 Å². The molecular weight excluding hydrogens is 495 g/mol. The lowest BCUT2D eigenvalue weighted by Crippen LogP contribution is -2.43. The summed E-state index contributed by atoms with van der Waals surface area (Å²) >= 11 is 0. The Morgan fingerprint density at radius 1 is 1.03 bits per heavy atom. The second kappa shape index (κ2) is 10.5. The lowest BCUT2D eigenvalue weighted by molar-refractivity contribution is 0.102. The Labute approximate surface area is 224 Å². The van der Waals surface area contributed by atoms with Crippen LogP contribution in [0.15, 0.2) is 73.1 Å². The molecule has 1 aliphatic rings. The number of fused-ring (bicyclic) bond motifs is 1. The van der Waals surface area contributed by atoms with Gasteiger partial charge in [-0.2, -0.15) is 5.10 Å². The molecule has 196 valence electrons. The monoisotopic (exact) mass is 522 g/mol. The predicted octanol–water partition coefficient (Wildman–Crippen LogP) is 3.99. The number of nitrogens with one attached hydrogen (secondary N) is 3. The van der Waals surface area contributed by atoms with Crippen molar-refractivity contribution in [1.82, 2.24) is 25.5 Å². The van der Waals surface area contributed by atoms with Crippen LogP contribution in [-0.4, -0.2) is 52.3 Å². The molecule has 1 aliphatic heterocycles. The summed E-state index contributed by atoms with van der Waals surface area (Å²) in [5.74, 6) is 0.0453. The molecule has 10 heteroatoms. The summed E-state index contributed by atoms with van der Waals surface area (Å²) in [5.41, 5.74) is 11.4. The van der Waals surface area contributed by atoms with Gasteiger partial charge >= 0.3 is 0 Å². The van der Waals surface area contributed by atoms with Crippen molar-refractivity contribution >= 4 is 34.3 Å². The van der Waals surface area contributed by atoms with E-state index in [0.29, 0.717) is 17.8 Å². The molecule has 0 unspecified atom stereocenters. The lowest BCUT2D eigenvalue weighted by Gasteiger charge is -2.29. The van der Waals surface area contributed by atoms with Crippen molar-refractivity contribution in [3.63, 3.8) is 0 Å². The van der Waals surface area contributed by atoms with E-state index in [4.69, 9.17) is 5.73 Å². The number of benzene rings is 3. The number of carbonyl (C=O) groups excluding carboxylic acids is 1. The van der Waals surface area contributed by atoms with E-state index in [1.807, 2.05) is 42.5 Å². The number of anilines is 3. The van der Waals surface area contributed by atoms with E-state index < -0.39 is 0 Å². The average molecular weight is 523 g/mol. The van der Waals surface area contributed by atoms with Gasteiger partial charge in [0, 0.05) is 60.8 Å². The molecule has 39 heavy (non-hydrogen) atoms. The number of hydrogen-bond donors (Lipinski definition) is 4. The van der Waals surface area contributed by atoms with Crippen LogP contribution in [0.1, 0.15) is 21.5 Å². The third-order valence-electron chi connectivity index (χ3n) is 6.90. The maximum Gasteiger partial charge on any atom is 0.256 e. The van der Waals surface area contributed by atoms with E-state index in [1.165, 1.54) is 12.1 Å². The molecule has 2 aromatic heterocycles. The number of nitrogens with zero attached hydrogens (tertiary/aromatic N) is 4. The molecule has 5 aromatic rings. The van der Waals surface area contributed by atoms with Gasteiger partial charge in [0.25, 0.3) is 5.91 Å². The van der Waals surface area contributed by atoms with Crippen molar-refractivity contribution in [3.05, 3.63) is 95.6 Å². The minimum Gasteiger partial charge on any atom is -0.369 e. The van der Waals surface area contributed by atoms with Gasteiger partial charge in [-0.1, -0.05) is 12.1 Å². The van der Waals surface area contributed by atoms with E-state index in [2.05, 4.69) is 35.7 Å². The summed E-state index contributed by atoms with van der Waals surface area (Å²) in [5, 5.41) is 14.4. The van der Waals surface area contributed by atoms with Crippen molar-refractivity contribution in [2.75, 3.05) is 42.1 Å². The molecule has 0 saturated carbocycles. The number of rotatable bonds is 6. The minimum atomic E-state index is -0.301. The number of piperazine rings is 1. The molecule has 1 fully saturated rings. The van der Waals surface area contributed by atoms with Crippen molar-refractivity contribution in [1.29, 1.82) is 0 Å². The van der Waals surface area contributed by atoms with Gasteiger partial charge in [0.05, 0.1) is 5.52 Å². The van der Waals surface area contributed by atoms with Crippen LogP contribution in [0.25, 0.3) is 22.0 Å². The second-order valence-electron chi connectivity index (χ2n) is 9.50. The first-order valence-corrected chi connectivity index (χ1v) is 12.7. The fourth-order valence-electron chi connectivity index (χ4n) is 4.89. The van der Waals surface area contributed by atoms with Crippen LogP contribution in [0.4, 0.5) is 21.8 Å². The lowest BCUT2D eigenvalue weighted by atomic mass is 9.94. The molecule has 5 N–H and O–H groups in total. The molecule has 9 nitrogen and oxygen atoms in total. The normalized spacial score (nSPS) is 13.5. The zero-order valence-corrected chi connectivity index (χ0v) is 21.1. The van der Waals surface area contributed by atoms with E-state index in [-0.39, 0.29) is 17.7 Å². The van der Waals surface area contributed by atoms with Gasteiger partial charge in [0.2, 0.25) is 5.95 Å². The summed E-state index contributed by atoms with van der Waals surface area (Å²) in [7, 11) is 0. The number of carbonyl (C=O) groups is 1. The summed E-state index contributed by atoms with van der Waals surface area (Å²) in [4.78, 5) is 23.7. The van der Waals surface area contributed by atoms with Crippen LogP contribution in [0.3, 0.4) is 0 Å². The Balaban J connectivity index is 1.31. The van der Waals surface area contributed by atoms with Crippen molar-refractivity contribution in [2.45, 2.75) is 6.42 Å². The third kappa shape index (κ3) is 5.27. The number of amides is 1. The van der Waals surface area contributed by atoms with Gasteiger partial charge in [-0.25, -0.2) is 14.4 Å². The van der Waals surface area contributed by atoms with Gasteiger partial charge < -0.3 is 21.3 Å². The molecule has 6 rings (SSSR count). The Kier molecular flexibility index (Phi) is 6.60. The third-order valence-corrected chi connectivity index (χ3v) is 6.90. The van der Waals surface area contributed by atoms with Gasteiger partial charge in [-0.05, 0) is 71.6 Å². The number of aromatic amines is 1. The Morgan fingerprint density at radius 3 is 2.54 bits per heavy atom. The molecule has 0 spiro atoms. The summed E-state index contributed by atoms with van der Waals surface area (Å²) < 4.78 is 13.9. The Bertz CT molecular complexity index is 1630. The summed E-state index contributed by atoms with van der Waals surface area (Å²) in [6, 6.07) is 18.0. The van der Waals surface area contributed by atoms with Gasteiger partial charge in [-0.3, -0.25) is 9.89 Å². The standard InChI is InChI=1S/C29H27FN8O/c30-22-3-1-2-18(13-22)12-20-14-25-26(15-24(20)21-16-33-29(31)34-17-21)36-37-27(25)35-28(39)19-4-6-23(7-5-19)38-10-8-32-9-11-38/h1-7,13-17,32H,8-12H2,(H2,31,33,34)(H2,35,36,37,39). The number of H-pyrrole nitrogens is 1. The molecule has 3 aromatic carbocycles. The van der Waals surface area contributed by atoms with Crippen molar-refractivity contribution in [3.8, 4) is 11.1 Å². The van der Waals surface area contributed by atoms with E-state index >= 15 is 0 Å². The predicted molar refractivity (Wildman–Crippen MR) is 150 cm³/mol. The molecule has 0 atom stereocenters. The highest BCUT2D eigenvalue weighted by atomic mass is 19.1. The highest BCUT2D eigenvalue weighted by molar-refractivity contribution is 6.08. The smallest absolute Gasteiger partial charge is 0.256 e. The highest BCUT2D eigenvalue weighted by Crippen LogP contribution is 2.32. The molecular formula is C29H27FN8O. The molecule has 1 saturated heterocycles. The van der Waals surface area contributed by atoms with Crippen LogP contribution in [-0.2, 0) is 6.42 Å². The largest absolute Gasteiger partial charge is 0.369 e. The topological polar surface area (TPSA) is 125 Å². The number of hydrogen-bond acceptors (Lipinski definition) is 7. The van der Waals surface area contributed by atoms with E-state index in [0.717, 1.165) is 65.0 Å². The van der Waals surface area contributed by atoms with Crippen LogP contribution in [0.2, 0.25) is 0 Å². The summed E-state index contributed by atoms with van der Waals surface area (Å²) in [6.07, 6.45) is 3.77. The van der Waals surface area contributed by atoms with Gasteiger partial charge in [-0.15, -0.1) is 0 Å². The average Bonchev–Trinajstić information content (AvgIpc) is 3.35.